The summed E-state index contributed by atoms with van der Waals surface area (Å²) in [5, 5.41) is 6.26. The van der Waals surface area contributed by atoms with Crippen LogP contribution in [0, 0.1) is 0 Å². The van der Waals surface area contributed by atoms with Crippen LogP contribution < -0.4 is 20.1 Å². The molecule has 0 saturated heterocycles. The number of amides is 1. The highest BCUT2D eigenvalue weighted by Crippen LogP contribution is 2.29. The average molecular weight is 498 g/mol. The Morgan fingerprint density at radius 2 is 1.71 bits per heavy atom. The Morgan fingerprint density at radius 1 is 1.04 bits per heavy atom. The zero-order chi connectivity index (χ0) is 19.6. The number of methoxy groups -OCH3 is 2. The molecule has 0 radical (unpaired) electrons. The molecular weight excluding hydrogens is 471 g/mol. The number of halogens is 1. The van der Waals surface area contributed by atoms with Crippen molar-refractivity contribution in [3.05, 3.63) is 54.1 Å². The first-order chi connectivity index (χ1) is 13.0. The molecule has 0 saturated carbocycles. The summed E-state index contributed by atoms with van der Waals surface area (Å²) in [7, 11) is 6.60. The van der Waals surface area contributed by atoms with Gasteiger partial charge in [-0.3, -0.25) is 4.79 Å². The summed E-state index contributed by atoms with van der Waals surface area (Å²) in [6.07, 6.45) is 0. The lowest BCUT2D eigenvalue weighted by molar-refractivity contribution is -0.127. The van der Waals surface area contributed by atoms with Crippen molar-refractivity contribution in [2.75, 3.05) is 40.2 Å². The summed E-state index contributed by atoms with van der Waals surface area (Å²) in [4.78, 5) is 18.0. The molecule has 1 amide bonds. The predicted molar refractivity (Wildman–Crippen MR) is 123 cm³/mol. The lowest BCUT2D eigenvalue weighted by Crippen LogP contribution is -2.39. The van der Waals surface area contributed by atoms with E-state index in [1.807, 2.05) is 42.5 Å². The number of hydrogen-bond acceptors (Lipinski definition) is 4. The molecule has 28 heavy (non-hydrogen) atoms. The van der Waals surface area contributed by atoms with E-state index < -0.39 is 0 Å². The van der Waals surface area contributed by atoms with Crippen LogP contribution in [0.1, 0.15) is 5.56 Å². The average Bonchev–Trinajstić information content (AvgIpc) is 2.70. The third-order valence-corrected chi connectivity index (χ3v) is 3.81. The minimum Gasteiger partial charge on any atom is -0.493 e. The van der Waals surface area contributed by atoms with Crippen molar-refractivity contribution >= 4 is 41.5 Å². The van der Waals surface area contributed by atoms with E-state index in [9.17, 15) is 4.79 Å². The molecule has 0 fully saturated rings. The van der Waals surface area contributed by atoms with Crippen molar-refractivity contribution < 1.29 is 14.3 Å². The number of nitrogens with zero attached hydrogens (tertiary/aromatic N) is 2. The molecule has 0 heterocycles. The Kier molecular flexibility index (Phi) is 10.1. The molecule has 0 atom stereocenters. The molecule has 152 valence electrons. The van der Waals surface area contributed by atoms with Crippen LogP contribution in [0.2, 0.25) is 0 Å². The topological polar surface area (TPSA) is 75.2 Å². The second-order valence-corrected chi connectivity index (χ2v) is 5.99. The number of rotatable bonds is 7. The van der Waals surface area contributed by atoms with Crippen molar-refractivity contribution in [1.29, 1.82) is 0 Å². The Hall–Kier alpha value is -2.49. The predicted octanol–water partition coefficient (Wildman–Crippen LogP) is 2.97. The highest BCUT2D eigenvalue weighted by atomic mass is 127. The van der Waals surface area contributed by atoms with E-state index in [-0.39, 0.29) is 36.4 Å². The van der Waals surface area contributed by atoms with Gasteiger partial charge in [0.05, 0.1) is 27.3 Å². The number of aliphatic imine (C=N–C) groups is 1. The highest BCUT2D eigenvalue weighted by Gasteiger charge is 2.09. The summed E-state index contributed by atoms with van der Waals surface area (Å²) >= 11 is 0. The van der Waals surface area contributed by atoms with Crippen molar-refractivity contribution in [2.45, 2.75) is 6.54 Å². The molecule has 0 aliphatic carbocycles. The second kappa shape index (κ2) is 12.1. The molecule has 2 N–H and O–H groups in total. The maximum absolute atomic E-state index is 11.9. The lowest BCUT2D eigenvalue weighted by Gasteiger charge is -2.16. The van der Waals surface area contributed by atoms with E-state index in [0.717, 1.165) is 11.3 Å². The van der Waals surface area contributed by atoms with Gasteiger partial charge in [0, 0.05) is 25.8 Å². The van der Waals surface area contributed by atoms with Crippen molar-refractivity contribution in [3.63, 3.8) is 0 Å². The van der Waals surface area contributed by atoms with Crippen LogP contribution in [0.25, 0.3) is 0 Å². The molecule has 0 aliphatic heterocycles. The standard InChI is InChI=1S/C20H26N4O3.HI/c1-24(2)19(25)14-22-20(21-13-15-8-6-5-7-9-15)23-16-10-11-17(26-3)18(12-16)27-4;/h5-12H,13-14H2,1-4H3,(H2,21,22,23);1H. The summed E-state index contributed by atoms with van der Waals surface area (Å²) in [6, 6.07) is 15.4. The first-order valence-corrected chi connectivity index (χ1v) is 8.55. The smallest absolute Gasteiger partial charge is 0.241 e. The zero-order valence-corrected chi connectivity index (χ0v) is 18.9. The quantitative estimate of drug-likeness (QED) is 0.349. The molecule has 8 heteroatoms. The van der Waals surface area contributed by atoms with E-state index in [1.54, 1.807) is 34.4 Å². The summed E-state index contributed by atoms with van der Waals surface area (Å²) in [6.45, 7) is 0.626. The fourth-order valence-corrected chi connectivity index (χ4v) is 2.26. The Labute approximate surface area is 183 Å². The fraction of sp³-hybridized carbons (Fsp3) is 0.300. The van der Waals surface area contributed by atoms with Gasteiger partial charge in [0.2, 0.25) is 5.91 Å². The molecule has 0 bridgehead atoms. The first-order valence-electron chi connectivity index (χ1n) is 8.55. The Balaban J connectivity index is 0.00000392. The number of nitrogens with one attached hydrogen (secondary N) is 2. The van der Waals surface area contributed by atoms with E-state index >= 15 is 0 Å². The largest absolute Gasteiger partial charge is 0.493 e. The number of ether oxygens (including phenoxy) is 2. The number of anilines is 1. The molecule has 2 aromatic rings. The molecule has 0 aromatic heterocycles. The van der Waals surface area contributed by atoms with Crippen LogP contribution in [0.15, 0.2) is 53.5 Å². The van der Waals surface area contributed by atoms with Crippen molar-refractivity contribution in [3.8, 4) is 11.5 Å². The van der Waals surface area contributed by atoms with E-state index in [1.165, 1.54) is 4.90 Å². The normalized spacial score (nSPS) is 10.5. The molecular formula is C20H27IN4O3. The summed E-state index contributed by atoms with van der Waals surface area (Å²) < 4.78 is 10.6. The summed E-state index contributed by atoms with van der Waals surface area (Å²) in [5.41, 5.74) is 1.84. The number of hydrogen-bond donors (Lipinski definition) is 2. The van der Waals surface area contributed by atoms with E-state index in [2.05, 4.69) is 15.6 Å². The van der Waals surface area contributed by atoms with Gasteiger partial charge in [-0.2, -0.15) is 0 Å². The monoisotopic (exact) mass is 498 g/mol. The number of guanidine groups is 1. The van der Waals surface area contributed by atoms with Gasteiger partial charge in [-0.25, -0.2) is 4.99 Å². The first kappa shape index (κ1) is 23.5. The van der Waals surface area contributed by atoms with Crippen LogP contribution >= 0.6 is 24.0 Å². The SMILES string of the molecule is COc1ccc(NC(=NCc2ccccc2)NCC(=O)N(C)C)cc1OC.I. The third kappa shape index (κ3) is 7.26. The van der Waals surface area contributed by atoms with E-state index in [4.69, 9.17) is 9.47 Å². The van der Waals surface area contributed by atoms with Crippen LogP contribution in [0.3, 0.4) is 0 Å². The highest BCUT2D eigenvalue weighted by molar-refractivity contribution is 14.0. The van der Waals surface area contributed by atoms with Gasteiger partial charge in [-0.15, -0.1) is 24.0 Å². The fourth-order valence-electron chi connectivity index (χ4n) is 2.26. The van der Waals surface area contributed by atoms with Gasteiger partial charge < -0.3 is 25.0 Å². The van der Waals surface area contributed by atoms with Gasteiger partial charge >= 0.3 is 0 Å². The van der Waals surface area contributed by atoms with Crippen molar-refractivity contribution in [2.24, 2.45) is 4.99 Å². The third-order valence-electron chi connectivity index (χ3n) is 3.81. The number of carbonyl (C=O) groups excluding carboxylic acids is 1. The minimum absolute atomic E-state index is 0. The van der Waals surface area contributed by atoms with Crippen LogP contribution in [-0.4, -0.2) is 51.6 Å². The number of benzene rings is 2. The Morgan fingerprint density at radius 3 is 2.32 bits per heavy atom. The van der Waals surface area contributed by atoms with Gasteiger partial charge in [0.1, 0.15) is 0 Å². The molecule has 2 rings (SSSR count). The lowest BCUT2D eigenvalue weighted by atomic mass is 10.2. The van der Waals surface area contributed by atoms with Crippen LogP contribution in [0.4, 0.5) is 5.69 Å². The minimum atomic E-state index is -0.0449. The van der Waals surface area contributed by atoms with Gasteiger partial charge in [0.25, 0.3) is 0 Å². The van der Waals surface area contributed by atoms with Gasteiger partial charge in [-0.05, 0) is 17.7 Å². The van der Waals surface area contributed by atoms with Gasteiger partial charge in [-0.1, -0.05) is 30.3 Å². The maximum Gasteiger partial charge on any atom is 0.241 e. The Bertz CT molecular complexity index is 782. The molecule has 0 unspecified atom stereocenters. The maximum atomic E-state index is 11.9. The second-order valence-electron chi connectivity index (χ2n) is 5.99. The number of carbonyl (C=O) groups is 1. The van der Waals surface area contributed by atoms with Gasteiger partial charge in [0.15, 0.2) is 17.5 Å². The molecule has 7 nitrogen and oxygen atoms in total. The summed E-state index contributed by atoms with van der Waals surface area (Å²) in [5.74, 6) is 1.70. The molecule has 0 aliphatic rings. The van der Waals surface area contributed by atoms with Crippen LogP contribution in [-0.2, 0) is 11.3 Å². The molecule has 0 spiro atoms. The molecule has 2 aromatic carbocycles. The number of likely N-dealkylation sites (N-methyl/N-ethyl adjacent to an activating group) is 1. The van der Waals surface area contributed by atoms with Crippen LogP contribution in [0.5, 0.6) is 11.5 Å². The van der Waals surface area contributed by atoms with E-state index in [0.29, 0.717) is 24.0 Å². The van der Waals surface area contributed by atoms with Crippen molar-refractivity contribution in [1.82, 2.24) is 10.2 Å². The zero-order valence-electron chi connectivity index (χ0n) is 16.6.